The molecule has 0 atom stereocenters. The van der Waals surface area contributed by atoms with Gasteiger partial charge in [-0.15, -0.1) is 0 Å². The quantitative estimate of drug-likeness (QED) is 0.316. The van der Waals surface area contributed by atoms with Crippen LogP contribution in [0.1, 0.15) is 16.8 Å². The first-order valence-corrected chi connectivity index (χ1v) is 9.29. The van der Waals surface area contributed by atoms with Gasteiger partial charge in [0.25, 0.3) is 0 Å². The average molecular weight is 397 g/mol. The molecule has 2 aromatic carbocycles. The van der Waals surface area contributed by atoms with Crippen molar-refractivity contribution < 1.29 is 13.9 Å². The minimum Gasteiger partial charge on any atom is -0.487 e. The fourth-order valence-corrected chi connectivity index (χ4v) is 3.00. The first-order valence-electron chi connectivity index (χ1n) is 9.29. The number of nitrogens with zero attached hydrogens (tertiary/aromatic N) is 1. The summed E-state index contributed by atoms with van der Waals surface area (Å²) in [4.78, 5) is 4.61. The Morgan fingerprint density at radius 1 is 1.00 bits per heavy atom. The molecule has 148 valence electrons. The van der Waals surface area contributed by atoms with Crippen LogP contribution in [0, 0.1) is 10.8 Å². The van der Waals surface area contributed by atoms with Gasteiger partial charge in [-0.3, -0.25) is 10.8 Å². The number of hydrogen-bond donors (Lipinski definition) is 2. The van der Waals surface area contributed by atoms with Crippen LogP contribution in [0.2, 0.25) is 0 Å². The van der Waals surface area contributed by atoms with Crippen molar-refractivity contribution in [2.75, 3.05) is 0 Å². The maximum absolute atomic E-state index is 8.09. The van der Waals surface area contributed by atoms with E-state index < -0.39 is 0 Å². The minimum absolute atomic E-state index is 0.125. The molecule has 2 aromatic heterocycles. The first-order chi connectivity index (χ1) is 14.7. The van der Waals surface area contributed by atoms with Gasteiger partial charge in [0, 0.05) is 16.5 Å². The molecule has 4 rings (SSSR count). The molecule has 30 heavy (non-hydrogen) atoms. The van der Waals surface area contributed by atoms with E-state index in [2.05, 4.69) is 4.98 Å². The lowest BCUT2D eigenvalue weighted by atomic mass is 10.0. The number of para-hydroxylation sites is 1. The minimum atomic E-state index is -0.125. The molecule has 0 bridgehead atoms. The summed E-state index contributed by atoms with van der Waals surface area (Å²) in [6.07, 6.45) is 5.64. The standard InChI is InChI=1S/C24H19N3O3/c25-16-30-24(26)22(13-17-11-12-28-14-17)18-6-9-21(10-7-18)29-15-20-8-5-19-3-1-2-4-23(19)27-20/h1-14,16,25-26H,15H2/b22-13+,25-16?,26-24?. The highest BCUT2D eigenvalue weighted by Crippen LogP contribution is 2.23. The van der Waals surface area contributed by atoms with Crippen molar-refractivity contribution in [3.63, 3.8) is 0 Å². The zero-order valence-corrected chi connectivity index (χ0v) is 16.0. The molecular weight excluding hydrogens is 378 g/mol. The molecule has 6 heteroatoms. The van der Waals surface area contributed by atoms with Crippen LogP contribution >= 0.6 is 0 Å². The fraction of sp³-hybridized carbons (Fsp3) is 0.0417. The van der Waals surface area contributed by atoms with E-state index in [1.807, 2.05) is 60.7 Å². The summed E-state index contributed by atoms with van der Waals surface area (Å²) < 4.78 is 15.9. The number of benzene rings is 2. The molecule has 0 radical (unpaired) electrons. The molecule has 0 aliphatic rings. The highest BCUT2D eigenvalue weighted by Gasteiger charge is 2.11. The SMILES string of the molecule is N=COC(=N)/C(=C/c1ccoc1)c1ccc(OCc2ccc3ccccc3n2)cc1. The summed E-state index contributed by atoms with van der Waals surface area (Å²) in [5, 5.41) is 16.3. The van der Waals surface area contributed by atoms with Crippen LogP contribution in [-0.4, -0.2) is 17.3 Å². The molecule has 0 saturated heterocycles. The van der Waals surface area contributed by atoms with Crippen LogP contribution in [-0.2, 0) is 11.3 Å². The Balaban J connectivity index is 1.50. The van der Waals surface area contributed by atoms with Crippen molar-refractivity contribution in [1.29, 1.82) is 10.8 Å². The Morgan fingerprint density at radius 3 is 2.60 bits per heavy atom. The number of pyridine rings is 1. The van der Waals surface area contributed by atoms with E-state index in [1.54, 1.807) is 24.7 Å². The number of furan rings is 1. The summed E-state index contributed by atoms with van der Waals surface area (Å²) in [6.45, 7) is 0.356. The van der Waals surface area contributed by atoms with Crippen molar-refractivity contribution >= 4 is 34.9 Å². The van der Waals surface area contributed by atoms with Gasteiger partial charge < -0.3 is 13.9 Å². The van der Waals surface area contributed by atoms with Crippen molar-refractivity contribution in [3.8, 4) is 5.75 Å². The van der Waals surface area contributed by atoms with Crippen molar-refractivity contribution in [3.05, 3.63) is 96.1 Å². The van der Waals surface area contributed by atoms with Crippen molar-refractivity contribution in [2.45, 2.75) is 6.61 Å². The van der Waals surface area contributed by atoms with Crippen LogP contribution in [0.15, 0.2) is 83.7 Å². The van der Waals surface area contributed by atoms with Crippen molar-refractivity contribution in [1.82, 2.24) is 4.98 Å². The molecule has 4 aromatic rings. The Bertz CT molecular complexity index is 1200. The normalized spacial score (nSPS) is 11.3. The van der Waals surface area contributed by atoms with Gasteiger partial charge in [0.1, 0.15) is 12.4 Å². The maximum Gasteiger partial charge on any atom is 0.221 e. The molecule has 0 unspecified atom stereocenters. The third-order valence-corrected chi connectivity index (χ3v) is 4.48. The Morgan fingerprint density at radius 2 is 1.83 bits per heavy atom. The van der Waals surface area contributed by atoms with E-state index in [0.29, 0.717) is 17.9 Å². The lowest BCUT2D eigenvalue weighted by molar-refractivity contribution is 0.302. The molecule has 2 N–H and O–H groups in total. The van der Waals surface area contributed by atoms with Crippen LogP contribution < -0.4 is 4.74 Å². The molecule has 0 aliphatic carbocycles. The third kappa shape index (κ3) is 4.44. The lowest BCUT2D eigenvalue weighted by Gasteiger charge is -2.10. The van der Waals surface area contributed by atoms with Gasteiger partial charge in [-0.2, -0.15) is 0 Å². The van der Waals surface area contributed by atoms with Gasteiger partial charge in [0.05, 0.1) is 23.7 Å². The van der Waals surface area contributed by atoms with Gasteiger partial charge in [0.15, 0.2) is 6.40 Å². The molecule has 0 amide bonds. The van der Waals surface area contributed by atoms with E-state index in [-0.39, 0.29) is 5.90 Å². The van der Waals surface area contributed by atoms with Crippen molar-refractivity contribution in [2.24, 2.45) is 0 Å². The van der Waals surface area contributed by atoms with E-state index in [0.717, 1.165) is 34.1 Å². The Kier molecular flexibility index (Phi) is 5.66. The van der Waals surface area contributed by atoms with E-state index in [4.69, 9.17) is 24.7 Å². The van der Waals surface area contributed by atoms with E-state index in [1.165, 1.54) is 0 Å². The van der Waals surface area contributed by atoms with Gasteiger partial charge in [-0.05, 0) is 42.0 Å². The van der Waals surface area contributed by atoms with E-state index >= 15 is 0 Å². The second-order valence-electron chi connectivity index (χ2n) is 6.49. The second kappa shape index (κ2) is 8.87. The number of nitrogens with one attached hydrogen (secondary N) is 2. The zero-order chi connectivity index (χ0) is 20.8. The smallest absolute Gasteiger partial charge is 0.221 e. The van der Waals surface area contributed by atoms with E-state index in [9.17, 15) is 0 Å². The molecule has 2 heterocycles. The predicted octanol–water partition coefficient (Wildman–Crippen LogP) is 5.55. The highest BCUT2D eigenvalue weighted by molar-refractivity contribution is 6.24. The monoisotopic (exact) mass is 397 g/mol. The van der Waals surface area contributed by atoms with Crippen LogP contribution in [0.3, 0.4) is 0 Å². The number of aromatic nitrogens is 1. The number of fused-ring (bicyclic) bond motifs is 1. The van der Waals surface area contributed by atoms with Crippen LogP contribution in [0.25, 0.3) is 22.6 Å². The first kappa shape index (κ1) is 19.1. The lowest BCUT2D eigenvalue weighted by Crippen LogP contribution is -2.05. The van der Waals surface area contributed by atoms with Crippen LogP contribution in [0.5, 0.6) is 5.75 Å². The molecule has 0 spiro atoms. The molecular formula is C24H19N3O3. The number of rotatable bonds is 7. The second-order valence-corrected chi connectivity index (χ2v) is 6.49. The summed E-state index contributed by atoms with van der Waals surface area (Å²) in [5.74, 6) is 0.566. The predicted molar refractivity (Wildman–Crippen MR) is 117 cm³/mol. The topological polar surface area (TPSA) is 92.2 Å². The fourth-order valence-electron chi connectivity index (χ4n) is 3.00. The highest BCUT2D eigenvalue weighted by atomic mass is 16.5. The Labute approximate surface area is 173 Å². The van der Waals surface area contributed by atoms with Gasteiger partial charge in [-0.25, -0.2) is 4.98 Å². The van der Waals surface area contributed by atoms with Gasteiger partial charge in [0.2, 0.25) is 5.90 Å². The average Bonchev–Trinajstić information content (AvgIpc) is 3.30. The molecule has 0 fully saturated rings. The summed E-state index contributed by atoms with van der Waals surface area (Å²) in [6, 6.07) is 21.1. The molecule has 0 saturated carbocycles. The summed E-state index contributed by atoms with van der Waals surface area (Å²) >= 11 is 0. The molecule has 0 aliphatic heterocycles. The largest absolute Gasteiger partial charge is 0.487 e. The van der Waals surface area contributed by atoms with Gasteiger partial charge >= 0.3 is 0 Å². The summed E-state index contributed by atoms with van der Waals surface area (Å²) in [7, 11) is 0. The number of hydrogen-bond acceptors (Lipinski definition) is 6. The van der Waals surface area contributed by atoms with Crippen LogP contribution in [0.4, 0.5) is 0 Å². The summed E-state index contributed by atoms with van der Waals surface area (Å²) in [5.41, 5.74) is 3.88. The zero-order valence-electron chi connectivity index (χ0n) is 16.0. The molecule has 6 nitrogen and oxygen atoms in total. The Hall–Kier alpha value is -4.19. The maximum atomic E-state index is 8.09. The number of ether oxygens (including phenoxy) is 2. The van der Waals surface area contributed by atoms with Gasteiger partial charge in [-0.1, -0.05) is 36.4 Å². The third-order valence-electron chi connectivity index (χ3n) is 4.48.